The van der Waals surface area contributed by atoms with Gasteiger partial charge in [0.1, 0.15) is 5.78 Å². The van der Waals surface area contributed by atoms with Crippen molar-refractivity contribution in [2.75, 3.05) is 13.2 Å². The van der Waals surface area contributed by atoms with E-state index in [-0.39, 0.29) is 5.41 Å². The van der Waals surface area contributed by atoms with Gasteiger partial charge in [-0.1, -0.05) is 13.8 Å². The number of hydrogen-bond donors (Lipinski definition) is 0. The zero-order valence-corrected chi connectivity index (χ0v) is 7.35. The van der Waals surface area contributed by atoms with Gasteiger partial charge >= 0.3 is 0 Å². The van der Waals surface area contributed by atoms with E-state index in [1.807, 2.05) is 13.8 Å². The maximum Gasteiger partial charge on any atom is 0.141 e. The summed E-state index contributed by atoms with van der Waals surface area (Å²) in [5, 5.41) is 0. The maximum atomic E-state index is 11.5. The van der Waals surface area contributed by atoms with E-state index in [1.165, 1.54) is 0 Å². The van der Waals surface area contributed by atoms with Crippen molar-refractivity contribution in [2.24, 2.45) is 5.41 Å². The normalized spacial score (nSPS) is 30.7. The van der Waals surface area contributed by atoms with Crippen LogP contribution in [0.3, 0.4) is 0 Å². The van der Waals surface area contributed by atoms with E-state index >= 15 is 0 Å². The van der Waals surface area contributed by atoms with Crippen molar-refractivity contribution in [1.29, 1.82) is 0 Å². The number of rotatable bonds is 3. The number of Topliss-reactive ketones (excluding diaryl/α,β-unsaturated/α-hetero) is 1. The van der Waals surface area contributed by atoms with E-state index in [9.17, 15) is 4.79 Å². The summed E-state index contributed by atoms with van der Waals surface area (Å²) >= 11 is 0. The van der Waals surface area contributed by atoms with Crippen LogP contribution in [0.4, 0.5) is 0 Å². The molecule has 1 atom stereocenters. The smallest absolute Gasteiger partial charge is 0.141 e. The van der Waals surface area contributed by atoms with Crippen LogP contribution in [0.15, 0.2) is 0 Å². The summed E-state index contributed by atoms with van der Waals surface area (Å²) in [7, 11) is 0. The van der Waals surface area contributed by atoms with Gasteiger partial charge in [0, 0.05) is 13.0 Å². The van der Waals surface area contributed by atoms with Crippen LogP contribution in [0.5, 0.6) is 0 Å². The van der Waals surface area contributed by atoms with E-state index in [4.69, 9.17) is 4.74 Å². The lowest BCUT2D eigenvalue weighted by atomic mass is 9.83. The second-order valence-corrected chi connectivity index (χ2v) is 3.54. The first-order valence-electron chi connectivity index (χ1n) is 4.30. The Morgan fingerprint density at radius 2 is 2.36 bits per heavy atom. The number of ketones is 1. The molecule has 0 radical (unpaired) electrons. The Bertz CT molecular complexity index is 146. The van der Waals surface area contributed by atoms with Crippen molar-refractivity contribution < 1.29 is 9.53 Å². The highest BCUT2D eigenvalue weighted by Crippen LogP contribution is 2.30. The molecule has 0 saturated carbocycles. The van der Waals surface area contributed by atoms with Gasteiger partial charge in [0.15, 0.2) is 0 Å². The summed E-state index contributed by atoms with van der Waals surface area (Å²) in [5.74, 6) is 0.373. The lowest BCUT2D eigenvalue weighted by Gasteiger charge is -2.18. The molecule has 0 spiro atoms. The van der Waals surface area contributed by atoms with Gasteiger partial charge in [0.25, 0.3) is 0 Å². The van der Waals surface area contributed by atoms with Gasteiger partial charge in [-0.15, -0.1) is 0 Å². The van der Waals surface area contributed by atoms with Crippen molar-refractivity contribution in [3.05, 3.63) is 0 Å². The van der Waals surface area contributed by atoms with Crippen LogP contribution in [0.25, 0.3) is 0 Å². The fraction of sp³-hybridized carbons (Fsp3) is 0.889. The van der Waals surface area contributed by atoms with Crippen LogP contribution >= 0.6 is 0 Å². The summed E-state index contributed by atoms with van der Waals surface area (Å²) < 4.78 is 5.21. The molecule has 1 unspecified atom stereocenters. The lowest BCUT2D eigenvalue weighted by molar-refractivity contribution is -0.127. The number of carbonyl (C=O) groups is 1. The largest absolute Gasteiger partial charge is 0.380 e. The third kappa shape index (κ3) is 1.80. The second-order valence-electron chi connectivity index (χ2n) is 3.54. The van der Waals surface area contributed by atoms with Crippen molar-refractivity contribution in [1.82, 2.24) is 0 Å². The monoisotopic (exact) mass is 156 g/mol. The average Bonchev–Trinajstić information content (AvgIpc) is 2.38. The summed E-state index contributed by atoms with van der Waals surface area (Å²) in [4.78, 5) is 11.5. The van der Waals surface area contributed by atoms with Crippen molar-refractivity contribution in [2.45, 2.75) is 33.1 Å². The predicted molar refractivity (Wildman–Crippen MR) is 43.5 cm³/mol. The molecule has 1 fully saturated rings. The van der Waals surface area contributed by atoms with E-state index in [0.29, 0.717) is 18.8 Å². The van der Waals surface area contributed by atoms with Gasteiger partial charge in [-0.05, 0) is 12.8 Å². The minimum Gasteiger partial charge on any atom is -0.380 e. The second kappa shape index (κ2) is 3.35. The first-order valence-corrected chi connectivity index (χ1v) is 4.30. The molecule has 0 aromatic rings. The molecular weight excluding hydrogens is 140 g/mol. The minimum absolute atomic E-state index is 0.157. The molecule has 2 nitrogen and oxygen atoms in total. The van der Waals surface area contributed by atoms with Gasteiger partial charge in [-0.3, -0.25) is 4.79 Å². The van der Waals surface area contributed by atoms with E-state index in [1.54, 1.807) is 0 Å². The fourth-order valence-corrected chi connectivity index (χ4v) is 1.42. The Morgan fingerprint density at radius 3 is 2.82 bits per heavy atom. The van der Waals surface area contributed by atoms with Crippen LogP contribution in [-0.2, 0) is 9.53 Å². The molecule has 0 aromatic carbocycles. The molecule has 1 aliphatic rings. The van der Waals surface area contributed by atoms with E-state index < -0.39 is 0 Å². The molecule has 11 heavy (non-hydrogen) atoms. The fourth-order valence-electron chi connectivity index (χ4n) is 1.42. The van der Waals surface area contributed by atoms with Gasteiger partial charge in [-0.2, -0.15) is 0 Å². The van der Waals surface area contributed by atoms with Crippen molar-refractivity contribution >= 4 is 5.78 Å². The standard InChI is InChI=1S/C9H16O2/c1-3-4-8(10)9(2)5-6-11-7-9/h3-7H2,1-2H3. The molecule has 2 heteroatoms. The van der Waals surface area contributed by atoms with Crippen LogP contribution < -0.4 is 0 Å². The molecule has 0 aromatic heterocycles. The molecule has 1 aliphatic heterocycles. The molecular formula is C9H16O2. The zero-order valence-electron chi connectivity index (χ0n) is 7.35. The minimum atomic E-state index is -0.157. The number of hydrogen-bond acceptors (Lipinski definition) is 2. The Balaban J connectivity index is 2.49. The van der Waals surface area contributed by atoms with Gasteiger partial charge < -0.3 is 4.74 Å². The van der Waals surface area contributed by atoms with Crippen LogP contribution in [0.1, 0.15) is 33.1 Å². The van der Waals surface area contributed by atoms with Crippen LogP contribution in [0, 0.1) is 5.41 Å². The molecule has 0 bridgehead atoms. The number of ether oxygens (including phenoxy) is 1. The van der Waals surface area contributed by atoms with Crippen molar-refractivity contribution in [3.8, 4) is 0 Å². The van der Waals surface area contributed by atoms with E-state index in [0.717, 1.165) is 19.4 Å². The molecule has 0 aliphatic carbocycles. The third-order valence-corrected chi connectivity index (χ3v) is 2.37. The highest BCUT2D eigenvalue weighted by Gasteiger charge is 2.35. The summed E-state index contributed by atoms with van der Waals surface area (Å²) in [6.07, 6.45) is 2.57. The molecule has 0 amide bonds. The molecule has 1 heterocycles. The highest BCUT2D eigenvalue weighted by atomic mass is 16.5. The topological polar surface area (TPSA) is 26.3 Å². The Kier molecular flexibility index (Phi) is 2.66. The van der Waals surface area contributed by atoms with Gasteiger partial charge in [-0.25, -0.2) is 0 Å². The van der Waals surface area contributed by atoms with Crippen LogP contribution in [0.2, 0.25) is 0 Å². The SMILES string of the molecule is CCCC(=O)C1(C)CCOC1. The highest BCUT2D eigenvalue weighted by molar-refractivity contribution is 5.84. The van der Waals surface area contributed by atoms with E-state index in [2.05, 4.69) is 0 Å². The zero-order chi connectivity index (χ0) is 8.32. The average molecular weight is 156 g/mol. The van der Waals surface area contributed by atoms with Gasteiger partial charge in [0.2, 0.25) is 0 Å². The Morgan fingerprint density at radius 1 is 1.64 bits per heavy atom. The predicted octanol–water partition coefficient (Wildman–Crippen LogP) is 1.78. The molecule has 0 N–H and O–H groups in total. The first-order chi connectivity index (χ1) is 5.19. The lowest BCUT2D eigenvalue weighted by Crippen LogP contribution is -2.27. The maximum absolute atomic E-state index is 11.5. The molecule has 1 rings (SSSR count). The third-order valence-electron chi connectivity index (χ3n) is 2.37. The summed E-state index contributed by atoms with van der Waals surface area (Å²) in [6.45, 7) is 5.44. The van der Waals surface area contributed by atoms with Crippen molar-refractivity contribution in [3.63, 3.8) is 0 Å². The molecule has 1 saturated heterocycles. The quantitative estimate of drug-likeness (QED) is 0.622. The summed E-state index contributed by atoms with van der Waals surface area (Å²) in [6, 6.07) is 0. The Labute approximate surface area is 67.9 Å². The van der Waals surface area contributed by atoms with Gasteiger partial charge in [0.05, 0.1) is 12.0 Å². The Hall–Kier alpha value is -0.370. The summed E-state index contributed by atoms with van der Waals surface area (Å²) in [5.41, 5.74) is -0.157. The molecule has 64 valence electrons. The first kappa shape index (κ1) is 8.72. The number of carbonyl (C=O) groups excluding carboxylic acids is 1. The van der Waals surface area contributed by atoms with Crippen LogP contribution in [-0.4, -0.2) is 19.0 Å².